The van der Waals surface area contributed by atoms with Crippen molar-refractivity contribution in [1.82, 2.24) is 10.2 Å². The summed E-state index contributed by atoms with van der Waals surface area (Å²) in [6, 6.07) is 11.1. The second-order valence-electron chi connectivity index (χ2n) is 11.6. The molecule has 8 heteroatoms. The molecule has 2 N–H and O–H groups in total. The molecule has 0 aliphatic carbocycles. The zero-order valence-corrected chi connectivity index (χ0v) is 26.1. The zero-order valence-electron chi connectivity index (χ0n) is 26.1. The van der Waals surface area contributed by atoms with E-state index in [0.29, 0.717) is 18.0 Å². The summed E-state index contributed by atoms with van der Waals surface area (Å²) < 4.78 is 10.6. The molecule has 2 aromatic rings. The highest BCUT2D eigenvalue weighted by Gasteiger charge is 2.36. The highest BCUT2D eigenvalue weighted by atomic mass is 16.6. The van der Waals surface area contributed by atoms with Gasteiger partial charge in [-0.05, 0) is 88.9 Å². The first-order valence-electron chi connectivity index (χ1n) is 14.7. The molecule has 0 bridgehead atoms. The SMILES string of the molecule is CCCCCCCCN(C(=O)C(C)NC(=O)OC(C)(C)C)C(C(=O)Nc1ccc(OC)cc1)c1c(C)cccc1C. The Kier molecular flexibility index (Phi) is 13.2. The summed E-state index contributed by atoms with van der Waals surface area (Å²) in [6.07, 6.45) is 5.54. The van der Waals surface area contributed by atoms with Crippen LogP contribution in [0.4, 0.5) is 10.5 Å². The quantitative estimate of drug-likeness (QED) is 0.238. The van der Waals surface area contributed by atoms with Gasteiger partial charge in [0.05, 0.1) is 7.11 Å². The molecule has 2 rings (SSSR count). The predicted octanol–water partition coefficient (Wildman–Crippen LogP) is 7.09. The van der Waals surface area contributed by atoms with Crippen LogP contribution in [-0.2, 0) is 14.3 Å². The van der Waals surface area contributed by atoms with E-state index in [0.717, 1.165) is 48.8 Å². The second kappa shape index (κ2) is 16.0. The molecule has 0 radical (unpaired) electrons. The summed E-state index contributed by atoms with van der Waals surface area (Å²) in [5, 5.41) is 5.68. The molecular weight excluding hydrogens is 518 g/mol. The van der Waals surface area contributed by atoms with Crippen LogP contribution in [0.2, 0.25) is 0 Å². The van der Waals surface area contributed by atoms with Crippen LogP contribution in [-0.4, -0.2) is 48.1 Å². The molecule has 2 aromatic carbocycles. The molecule has 2 unspecified atom stereocenters. The molecule has 0 aromatic heterocycles. The molecular formula is C33H49N3O5. The molecule has 2 atom stereocenters. The topological polar surface area (TPSA) is 97.0 Å². The number of rotatable bonds is 14. The van der Waals surface area contributed by atoms with Gasteiger partial charge in [-0.3, -0.25) is 9.59 Å². The largest absolute Gasteiger partial charge is 0.497 e. The molecule has 226 valence electrons. The Balaban J connectivity index is 2.46. The number of nitrogens with zero attached hydrogens (tertiary/aromatic N) is 1. The van der Waals surface area contributed by atoms with Gasteiger partial charge in [-0.15, -0.1) is 0 Å². The first kappa shape index (κ1) is 33.7. The smallest absolute Gasteiger partial charge is 0.408 e. The molecule has 3 amide bonds. The maximum Gasteiger partial charge on any atom is 0.408 e. The molecule has 0 saturated carbocycles. The standard InChI is InChI=1S/C33H49N3O5/c1-9-10-11-12-13-14-22-36(31(38)25(4)34-32(39)41-33(5,6)7)29(28-23(2)16-15-17-24(28)3)30(37)35-26-18-20-27(40-8)21-19-26/h15-21,25,29H,9-14,22H2,1-8H3,(H,34,39)(H,35,37). The first-order valence-corrected chi connectivity index (χ1v) is 14.7. The van der Waals surface area contributed by atoms with Crippen molar-refractivity contribution in [1.29, 1.82) is 0 Å². The minimum absolute atomic E-state index is 0.323. The number of hydrogen-bond donors (Lipinski definition) is 2. The van der Waals surface area contributed by atoms with E-state index >= 15 is 0 Å². The van der Waals surface area contributed by atoms with Crippen molar-refractivity contribution in [3.05, 3.63) is 59.2 Å². The zero-order chi connectivity index (χ0) is 30.6. The van der Waals surface area contributed by atoms with Crippen LogP contribution >= 0.6 is 0 Å². The summed E-state index contributed by atoms with van der Waals surface area (Å²) >= 11 is 0. The minimum Gasteiger partial charge on any atom is -0.497 e. The molecule has 0 saturated heterocycles. The Labute approximate surface area is 246 Å². The molecule has 0 aliphatic heterocycles. The van der Waals surface area contributed by atoms with Gasteiger partial charge in [0, 0.05) is 12.2 Å². The number of benzene rings is 2. The van der Waals surface area contributed by atoms with Gasteiger partial charge in [0.1, 0.15) is 23.4 Å². The number of carbonyl (C=O) groups excluding carboxylic acids is 3. The van der Waals surface area contributed by atoms with Gasteiger partial charge in [0.2, 0.25) is 5.91 Å². The lowest BCUT2D eigenvalue weighted by molar-refractivity contribution is -0.140. The van der Waals surface area contributed by atoms with Gasteiger partial charge < -0.3 is 25.0 Å². The highest BCUT2D eigenvalue weighted by molar-refractivity contribution is 5.99. The van der Waals surface area contributed by atoms with Crippen molar-refractivity contribution in [3.8, 4) is 5.75 Å². The molecule has 0 fully saturated rings. The molecule has 0 spiro atoms. The minimum atomic E-state index is -0.899. The Hall–Kier alpha value is -3.55. The van der Waals surface area contributed by atoms with Crippen LogP contribution in [0, 0.1) is 13.8 Å². The number of aryl methyl sites for hydroxylation is 2. The number of methoxy groups -OCH3 is 1. The van der Waals surface area contributed by atoms with Crippen molar-refractivity contribution < 1.29 is 23.9 Å². The van der Waals surface area contributed by atoms with Crippen LogP contribution in [0.5, 0.6) is 5.75 Å². The fourth-order valence-electron chi connectivity index (χ4n) is 4.80. The lowest BCUT2D eigenvalue weighted by Gasteiger charge is -2.35. The summed E-state index contributed by atoms with van der Waals surface area (Å²) in [5.41, 5.74) is 2.49. The van der Waals surface area contributed by atoms with Crippen LogP contribution in [0.15, 0.2) is 42.5 Å². The summed E-state index contributed by atoms with van der Waals surface area (Å²) in [5.74, 6) is 0.00883. The molecule has 0 heterocycles. The fraction of sp³-hybridized carbons (Fsp3) is 0.545. The summed E-state index contributed by atoms with van der Waals surface area (Å²) in [6.45, 7) is 13.4. The van der Waals surface area contributed by atoms with Crippen LogP contribution in [0.3, 0.4) is 0 Å². The van der Waals surface area contributed by atoms with Gasteiger partial charge in [0.15, 0.2) is 0 Å². The Morgan fingerprint density at radius 2 is 1.49 bits per heavy atom. The number of hydrogen-bond acceptors (Lipinski definition) is 5. The second-order valence-corrected chi connectivity index (χ2v) is 11.6. The van der Waals surface area contributed by atoms with Crippen molar-refractivity contribution in [2.24, 2.45) is 0 Å². The molecule has 0 aliphatic rings. The number of anilines is 1. The van der Waals surface area contributed by atoms with Gasteiger partial charge >= 0.3 is 6.09 Å². The maximum absolute atomic E-state index is 14.1. The van der Waals surface area contributed by atoms with E-state index in [2.05, 4.69) is 17.6 Å². The molecule has 41 heavy (non-hydrogen) atoms. The third kappa shape index (κ3) is 10.7. The third-order valence-electron chi connectivity index (χ3n) is 6.87. The Morgan fingerprint density at radius 3 is 2.05 bits per heavy atom. The Morgan fingerprint density at radius 1 is 0.902 bits per heavy atom. The van der Waals surface area contributed by atoms with Crippen molar-refractivity contribution in [2.75, 3.05) is 19.0 Å². The lowest BCUT2D eigenvalue weighted by atomic mass is 9.93. The average molecular weight is 568 g/mol. The van der Waals surface area contributed by atoms with E-state index in [-0.39, 0.29) is 11.8 Å². The first-order chi connectivity index (χ1) is 19.4. The number of unbranched alkanes of at least 4 members (excludes halogenated alkanes) is 5. The average Bonchev–Trinajstić information content (AvgIpc) is 2.90. The number of nitrogens with one attached hydrogen (secondary N) is 2. The maximum atomic E-state index is 14.1. The summed E-state index contributed by atoms with van der Waals surface area (Å²) in [4.78, 5) is 42.3. The van der Waals surface area contributed by atoms with Crippen LogP contribution in [0.1, 0.15) is 95.9 Å². The van der Waals surface area contributed by atoms with Crippen molar-refractivity contribution in [3.63, 3.8) is 0 Å². The van der Waals surface area contributed by atoms with E-state index in [4.69, 9.17) is 9.47 Å². The summed E-state index contributed by atoms with van der Waals surface area (Å²) in [7, 11) is 1.59. The fourth-order valence-corrected chi connectivity index (χ4v) is 4.80. The van der Waals surface area contributed by atoms with E-state index < -0.39 is 23.8 Å². The van der Waals surface area contributed by atoms with Crippen molar-refractivity contribution in [2.45, 2.75) is 105 Å². The number of ether oxygens (including phenoxy) is 2. The monoisotopic (exact) mass is 567 g/mol. The normalized spacial score (nSPS) is 12.7. The molecule has 8 nitrogen and oxygen atoms in total. The Bertz CT molecular complexity index is 1120. The van der Waals surface area contributed by atoms with E-state index in [9.17, 15) is 14.4 Å². The van der Waals surface area contributed by atoms with Crippen molar-refractivity contribution >= 4 is 23.6 Å². The number of carbonyl (C=O) groups is 3. The van der Waals surface area contributed by atoms with E-state index in [1.165, 1.54) is 6.42 Å². The number of alkyl carbamates (subject to hydrolysis) is 1. The van der Waals surface area contributed by atoms with Crippen LogP contribution < -0.4 is 15.4 Å². The van der Waals surface area contributed by atoms with Gasteiger partial charge in [-0.1, -0.05) is 57.2 Å². The van der Waals surface area contributed by atoms with Crippen LogP contribution in [0.25, 0.3) is 0 Å². The predicted molar refractivity (Wildman–Crippen MR) is 164 cm³/mol. The van der Waals surface area contributed by atoms with Gasteiger partial charge in [-0.2, -0.15) is 0 Å². The van der Waals surface area contributed by atoms with Gasteiger partial charge in [0.25, 0.3) is 5.91 Å². The third-order valence-corrected chi connectivity index (χ3v) is 6.87. The highest BCUT2D eigenvalue weighted by Crippen LogP contribution is 2.30. The van der Waals surface area contributed by atoms with Gasteiger partial charge in [-0.25, -0.2) is 4.79 Å². The lowest BCUT2D eigenvalue weighted by Crippen LogP contribution is -2.51. The number of amides is 3. The van der Waals surface area contributed by atoms with E-state index in [1.54, 1.807) is 64.0 Å². The van der Waals surface area contributed by atoms with E-state index in [1.807, 2.05) is 32.0 Å².